The van der Waals surface area contributed by atoms with Gasteiger partial charge in [0.1, 0.15) is 0 Å². The summed E-state index contributed by atoms with van der Waals surface area (Å²) in [5, 5.41) is 12.2. The van der Waals surface area contributed by atoms with Gasteiger partial charge in [0.05, 0.1) is 12.6 Å². The Morgan fingerprint density at radius 2 is 2.05 bits per heavy atom. The lowest BCUT2D eigenvalue weighted by atomic mass is 9.75. The van der Waals surface area contributed by atoms with Crippen molar-refractivity contribution < 1.29 is 9.90 Å². The molecule has 4 N–H and O–H groups in total. The average molecular weight is 262 g/mol. The lowest BCUT2D eigenvalue weighted by Gasteiger charge is -2.37. The minimum absolute atomic E-state index is 0.0573. The van der Waals surface area contributed by atoms with Gasteiger partial charge in [-0.15, -0.1) is 0 Å². The molecule has 0 spiro atoms. The lowest BCUT2D eigenvalue weighted by molar-refractivity contribution is -0.124. The number of rotatable bonds is 6. The predicted octanol–water partition coefficient (Wildman–Crippen LogP) is 0.978. The highest BCUT2D eigenvalue weighted by Crippen LogP contribution is 2.31. The fraction of sp³-hybridized carbons (Fsp3) is 0.533. The largest absolute Gasteiger partial charge is 0.394 e. The van der Waals surface area contributed by atoms with Crippen molar-refractivity contribution >= 4 is 5.91 Å². The number of benzene rings is 1. The van der Waals surface area contributed by atoms with E-state index in [0.717, 1.165) is 24.8 Å². The number of carbonyl (C=O) groups excluding carboxylic acids is 1. The van der Waals surface area contributed by atoms with E-state index < -0.39 is 0 Å². The van der Waals surface area contributed by atoms with E-state index >= 15 is 0 Å². The monoisotopic (exact) mass is 262 g/mol. The van der Waals surface area contributed by atoms with Crippen LogP contribution in [0, 0.1) is 0 Å². The van der Waals surface area contributed by atoms with Crippen molar-refractivity contribution in [2.24, 2.45) is 5.73 Å². The van der Waals surface area contributed by atoms with Gasteiger partial charge in [-0.1, -0.05) is 30.3 Å². The number of amides is 1. The van der Waals surface area contributed by atoms with Crippen molar-refractivity contribution in [1.82, 2.24) is 5.32 Å². The molecule has 0 aliphatic heterocycles. The summed E-state index contributed by atoms with van der Waals surface area (Å²) in [6.45, 7) is -0.0573. The van der Waals surface area contributed by atoms with E-state index in [1.54, 1.807) is 0 Å². The van der Waals surface area contributed by atoms with Crippen LogP contribution in [-0.4, -0.2) is 29.2 Å². The molecule has 0 saturated heterocycles. The van der Waals surface area contributed by atoms with Gasteiger partial charge in [-0.2, -0.15) is 0 Å². The Morgan fingerprint density at radius 3 is 2.58 bits per heavy atom. The highest BCUT2D eigenvalue weighted by atomic mass is 16.3. The van der Waals surface area contributed by atoms with Gasteiger partial charge in [-0.25, -0.2) is 0 Å². The van der Waals surface area contributed by atoms with Crippen LogP contribution in [0.25, 0.3) is 0 Å². The van der Waals surface area contributed by atoms with Crippen molar-refractivity contribution in [3.05, 3.63) is 35.9 Å². The topological polar surface area (TPSA) is 75.4 Å². The van der Waals surface area contributed by atoms with Crippen LogP contribution in [-0.2, 0) is 11.2 Å². The molecule has 0 unspecified atom stereocenters. The first-order chi connectivity index (χ1) is 9.11. The molecule has 0 radical (unpaired) electrons. The Morgan fingerprint density at radius 1 is 1.37 bits per heavy atom. The Kier molecular flexibility index (Phi) is 4.56. The first-order valence-electron chi connectivity index (χ1n) is 6.84. The Bertz CT molecular complexity index is 415. The normalized spacial score (nSPS) is 18.4. The van der Waals surface area contributed by atoms with Crippen LogP contribution in [0.2, 0.25) is 0 Å². The van der Waals surface area contributed by atoms with E-state index in [-0.39, 0.29) is 24.1 Å². The third-order valence-corrected chi connectivity index (χ3v) is 3.77. The second-order valence-corrected chi connectivity index (χ2v) is 5.53. The Labute approximate surface area is 114 Å². The smallest absolute Gasteiger partial charge is 0.222 e. The van der Waals surface area contributed by atoms with Crippen LogP contribution in [0.4, 0.5) is 0 Å². The van der Waals surface area contributed by atoms with Gasteiger partial charge < -0.3 is 16.2 Å². The SMILES string of the molecule is NC1(CC(=O)N[C@H](CO)Cc2ccccc2)CCC1. The quantitative estimate of drug-likeness (QED) is 0.715. The molecular weight excluding hydrogens is 240 g/mol. The number of aliphatic hydroxyl groups is 1. The van der Waals surface area contributed by atoms with E-state index in [9.17, 15) is 9.90 Å². The van der Waals surface area contributed by atoms with Gasteiger partial charge >= 0.3 is 0 Å². The molecule has 1 aromatic rings. The molecule has 1 aromatic carbocycles. The summed E-state index contributed by atoms with van der Waals surface area (Å²) < 4.78 is 0. The summed E-state index contributed by atoms with van der Waals surface area (Å²) in [7, 11) is 0. The van der Waals surface area contributed by atoms with Crippen LogP contribution < -0.4 is 11.1 Å². The summed E-state index contributed by atoms with van der Waals surface area (Å²) >= 11 is 0. The zero-order chi connectivity index (χ0) is 13.7. The molecule has 0 bridgehead atoms. The van der Waals surface area contributed by atoms with Crippen molar-refractivity contribution in [2.75, 3.05) is 6.61 Å². The molecule has 1 amide bonds. The fourth-order valence-electron chi connectivity index (χ4n) is 2.47. The van der Waals surface area contributed by atoms with E-state index in [4.69, 9.17) is 5.73 Å². The molecular formula is C15H22N2O2. The average Bonchev–Trinajstić information content (AvgIpc) is 2.37. The zero-order valence-electron chi connectivity index (χ0n) is 11.1. The van der Waals surface area contributed by atoms with E-state index in [1.165, 1.54) is 0 Å². The predicted molar refractivity (Wildman–Crippen MR) is 74.5 cm³/mol. The maximum atomic E-state index is 11.9. The van der Waals surface area contributed by atoms with Crippen LogP contribution in [0.1, 0.15) is 31.2 Å². The molecule has 1 fully saturated rings. The minimum atomic E-state index is -0.309. The van der Waals surface area contributed by atoms with Crippen LogP contribution in [0.3, 0.4) is 0 Å². The summed E-state index contributed by atoms with van der Waals surface area (Å²) in [6.07, 6.45) is 3.95. The maximum absolute atomic E-state index is 11.9. The van der Waals surface area contributed by atoms with Crippen molar-refractivity contribution in [2.45, 2.75) is 43.7 Å². The third-order valence-electron chi connectivity index (χ3n) is 3.77. The lowest BCUT2D eigenvalue weighted by Crippen LogP contribution is -2.51. The summed E-state index contributed by atoms with van der Waals surface area (Å²) in [5.74, 6) is -0.0582. The summed E-state index contributed by atoms with van der Waals surface area (Å²) in [6, 6.07) is 9.60. The van der Waals surface area contributed by atoms with Gasteiger partial charge in [0.2, 0.25) is 5.91 Å². The number of nitrogens with one attached hydrogen (secondary N) is 1. The highest BCUT2D eigenvalue weighted by molar-refractivity contribution is 5.77. The van der Waals surface area contributed by atoms with Crippen molar-refractivity contribution in [1.29, 1.82) is 0 Å². The second-order valence-electron chi connectivity index (χ2n) is 5.53. The van der Waals surface area contributed by atoms with Crippen LogP contribution in [0.15, 0.2) is 30.3 Å². The molecule has 0 heterocycles. The second kappa shape index (κ2) is 6.17. The fourth-order valence-corrected chi connectivity index (χ4v) is 2.47. The molecule has 2 rings (SSSR count). The standard InChI is InChI=1S/C15H22N2O2/c16-15(7-4-8-15)10-14(19)17-13(11-18)9-12-5-2-1-3-6-12/h1-3,5-6,13,18H,4,7-11,16H2,(H,17,19)/t13-/m0/s1. The molecule has 19 heavy (non-hydrogen) atoms. The van der Waals surface area contributed by atoms with Crippen molar-refractivity contribution in [3.8, 4) is 0 Å². The summed E-state index contributed by atoms with van der Waals surface area (Å²) in [4.78, 5) is 11.9. The molecule has 1 atom stereocenters. The molecule has 1 aliphatic rings. The molecule has 0 aromatic heterocycles. The first kappa shape index (κ1) is 14.0. The number of aliphatic hydroxyl groups excluding tert-OH is 1. The van der Waals surface area contributed by atoms with Crippen LogP contribution in [0.5, 0.6) is 0 Å². The van der Waals surface area contributed by atoms with Gasteiger partial charge in [0.25, 0.3) is 0 Å². The van der Waals surface area contributed by atoms with E-state index in [2.05, 4.69) is 5.32 Å². The number of nitrogens with two attached hydrogens (primary N) is 1. The van der Waals surface area contributed by atoms with Gasteiger partial charge in [0.15, 0.2) is 0 Å². The number of hydrogen-bond donors (Lipinski definition) is 3. The molecule has 1 aliphatic carbocycles. The molecule has 4 heteroatoms. The number of carbonyl (C=O) groups is 1. The highest BCUT2D eigenvalue weighted by Gasteiger charge is 2.34. The van der Waals surface area contributed by atoms with E-state index in [1.807, 2.05) is 30.3 Å². The first-order valence-corrected chi connectivity index (χ1v) is 6.84. The molecule has 1 saturated carbocycles. The third kappa shape index (κ3) is 4.04. The Balaban J connectivity index is 1.83. The molecule has 4 nitrogen and oxygen atoms in total. The van der Waals surface area contributed by atoms with Gasteiger partial charge in [-0.05, 0) is 31.2 Å². The molecule has 104 valence electrons. The van der Waals surface area contributed by atoms with Crippen molar-refractivity contribution in [3.63, 3.8) is 0 Å². The maximum Gasteiger partial charge on any atom is 0.222 e. The van der Waals surface area contributed by atoms with Gasteiger partial charge in [-0.3, -0.25) is 4.79 Å². The summed E-state index contributed by atoms with van der Waals surface area (Å²) in [5.41, 5.74) is 6.85. The van der Waals surface area contributed by atoms with Crippen LogP contribution >= 0.6 is 0 Å². The van der Waals surface area contributed by atoms with E-state index in [0.29, 0.717) is 12.8 Å². The minimum Gasteiger partial charge on any atom is -0.394 e. The zero-order valence-corrected chi connectivity index (χ0v) is 11.1. The Hall–Kier alpha value is -1.39. The number of hydrogen-bond acceptors (Lipinski definition) is 3. The van der Waals surface area contributed by atoms with Gasteiger partial charge in [0, 0.05) is 12.0 Å².